The summed E-state index contributed by atoms with van der Waals surface area (Å²) in [6.45, 7) is 5.70. The first kappa shape index (κ1) is 17.2. The van der Waals surface area contributed by atoms with Crippen LogP contribution in [0.1, 0.15) is 44.1 Å². The van der Waals surface area contributed by atoms with Crippen LogP contribution in [0.5, 0.6) is 0 Å². The molecule has 1 aromatic rings. The average Bonchev–Trinajstić information content (AvgIpc) is 2.53. The first-order valence-electron chi connectivity index (χ1n) is 8.53. The summed E-state index contributed by atoms with van der Waals surface area (Å²) in [4.78, 5) is 0.276. The molecule has 0 amide bonds. The molecule has 1 atom stereocenters. The molecule has 4 nitrogen and oxygen atoms in total. The minimum Gasteiger partial charge on any atom is -0.384 e. The number of hydrogen-bond acceptors (Lipinski definition) is 3. The van der Waals surface area contributed by atoms with Crippen molar-refractivity contribution < 1.29 is 13.5 Å². The Labute approximate surface area is 144 Å². The second kappa shape index (κ2) is 6.37. The molecule has 24 heavy (non-hydrogen) atoms. The van der Waals surface area contributed by atoms with Crippen molar-refractivity contribution in [3.63, 3.8) is 0 Å². The van der Waals surface area contributed by atoms with Gasteiger partial charge in [-0.2, -0.15) is 0 Å². The molecular weight excluding hydrogens is 322 g/mol. The molecule has 1 saturated carbocycles. The number of aliphatic hydroxyl groups is 1. The van der Waals surface area contributed by atoms with Crippen LogP contribution in [0.2, 0.25) is 0 Å². The number of rotatable bonds is 5. The van der Waals surface area contributed by atoms with Gasteiger partial charge in [0.05, 0.1) is 10.6 Å². The van der Waals surface area contributed by atoms with Crippen LogP contribution < -0.4 is 0 Å². The van der Waals surface area contributed by atoms with Crippen LogP contribution in [0.4, 0.5) is 0 Å². The fourth-order valence-electron chi connectivity index (χ4n) is 3.53. The molecule has 130 valence electrons. The van der Waals surface area contributed by atoms with Gasteiger partial charge in [-0.25, -0.2) is 8.42 Å². The van der Waals surface area contributed by atoms with E-state index in [0.717, 1.165) is 24.8 Å². The lowest BCUT2D eigenvalue weighted by atomic mass is 9.76. The van der Waals surface area contributed by atoms with Crippen molar-refractivity contribution in [2.24, 2.45) is 0 Å². The Balaban J connectivity index is 2.06. The van der Waals surface area contributed by atoms with E-state index in [0.29, 0.717) is 25.0 Å². The second-order valence-electron chi connectivity index (χ2n) is 6.84. The van der Waals surface area contributed by atoms with Gasteiger partial charge in [0, 0.05) is 6.04 Å². The van der Waals surface area contributed by atoms with Crippen molar-refractivity contribution >= 4 is 10.0 Å². The number of aryl methyl sites for hydroxylation is 1. The van der Waals surface area contributed by atoms with Gasteiger partial charge in [0.1, 0.15) is 5.60 Å². The predicted molar refractivity (Wildman–Crippen MR) is 94.9 cm³/mol. The minimum atomic E-state index is -3.70. The largest absolute Gasteiger partial charge is 0.384 e. The smallest absolute Gasteiger partial charge is 0.264 e. The first-order valence-corrected chi connectivity index (χ1v) is 9.97. The molecule has 2 aliphatic rings. The maximum Gasteiger partial charge on any atom is 0.264 e. The molecule has 1 aliphatic carbocycles. The van der Waals surface area contributed by atoms with Gasteiger partial charge in [0.25, 0.3) is 10.0 Å². The maximum atomic E-state index is 13.3. The molecule has 0 saturated heterocycles. The van der Waals surface area contributed by atoms with Gasteiger partial charge in [-0.15, -0.1) is 6.58 Å². The highest BCUT2D eigenvalue weighted by molar-refractivity contribution is 7.89. The van der Waals surface area contributed by atoms with Crippen LogP contribution in [-0.4, -0.2) is 29.5 Å². The van der Waals surface area contributed by atoms with Crippen molar-refractivity contribution in [3.05, 3.63) is 54.3 Å². The van der Waals surface area contributed by atoms with Gasteiger partial charge in [0.2, 0.25) is 0 Å². The highest BCUT2D eigenvalue weighted by atomic mass is 32.2. The first-order chi connectivity index (χ1) is 11.4. The number of allylic oxidation sites excluding steroid dienone is 1. The third-order valence-corrected chi connectivity index (χ3v) is 6.96. The Kier molecular flexibility index (Phi) is 4.58. The van der Waals surface area contributed by atoms with Crippen LogP contribution >= 0.6 is 0 Å². The summed E-state index contributed by atoms with van der Waals surface area (Å²) in [5.41, 5.74) is 0.577. The molecular formula is C19H25NO3S. The molecule has 1 N–H and O–H groups in total. The van der Waals surface area contributed by atoms with E-state index in [4.69, 9.17) is 0 Å². The molecule has 0 unspecified atom stereocenters. The number of hydrogen-bond donors (Lipinski definition) is 1. The molecule has 3 rings (SSSR count). The molecule has 1 heterocycles. The summed E-state index contributed by atoms with van der Waals surface area (Å²) in [5, 5.41) is 10.8. The summed E-state index contributed by atoms with van der Waals surface area (Å²) in [5.74, 6) is 0. The van der Waals surface area contributed by atoms with Gasteiger partial charge in [-0.05, 0) is 57.6 Å². The maximum absolute atomic E-state index is 13.3. The van der Waals surface area contributed by atoms with Crippen molar-refractivity contribution in [2.45, 2.75) is 62.0 Å². The molecule has 1 aliphatic heterocycles. The predicted octanol–water partition coefficient (Wildman–Crippen LogP) is 3.52. The summed E-state index contributed by atoms with van der Waals surface area (Å²) < 4.78 is 28.1. The zero-order valence-electron chi connectivity index (χ0n) is 14.1. The van der Waals surface area contributed by atoms with Crippen LogP contribution in [0.25, 0.3) is 0 Å². The Morgan fingerprint density at radius 2 is 2.00 bits per heavy atom. The van der Waals surface area contributed by atoms with E-state index >= 15 is 0 Å². The molecule has 1 aromatic carbocycles. The van der Waals surface area contributed by atoms with E-state index in [9.17, 15) is 13.5 Å². The molecule has 0 aromatic heterocycles. The Morgan fingerprint density at radius 3 is 2.54 bits per heavy atom. The molecule has 0 radical (unpaired) electrons. The number of nitrogens with zero attached hydrogens (tertiary/aromatic N) is 1. The van der Waals surface area contributed by atoms with Crippen LogP contribution in [0.15, 0.2) is 53.6 Å². The van der Waals surface area contributed by atoms with Crippen LogP contribution in [0.3, 0.4) is 0 Å². The number of sulfonamides is 1. The Morgan fingerprint density at radius 1 is 1.33 bits per heavy atom. The quantitative estimate of drug-likeness (QED) is 0.829. The van der Waals surface area contributed by atoms with Crippen molar-refractivity contribution in [1.29, 1.82) is 0 Å². The highest BCUT2D eigenvalue weighted by Gasteiger charge is 2.47. The average molecular weight is 347 g/mol. The fraction of sp³-hybridized carbons (Fsp3) is 0.474. The third-order valence-electron chi connectivity index (χ3n) is 5.08. The highest BCUT2D eigenvalue weighted by Crippen LogP contribution is 2.44. The zero-order chi connectivity index (χ0) is 17.4. The van der Waals surface area contributed by atoms with Gasteiger partial charge < -0.3 is 5.11 Å². The van der Waals surface area contributed by atoms with Crippen molar-refractivity contribution in [1.82, 2.24) is 4.31 Å². The lowest BCUT2D eigenvalue weighted by molar-refractivity contribution is -0.0186. The monoisotopic (exact) mass is 347 g/mol. The summed E-state index contributed by atoms with van der Waals surface area (Å²) in [7, 11) is -3.70. The van der Waals surface area contributed by atoms with E-state index in [1.54, 1.807) is 30.3 Å². The van der Waals surface area contributed by atoms with Gasteiger partial charge in [0.15, 0.2) is 0 Å². The topological polar surface area (TPSA) is 57.6 Å². The van der Waals surface area contributed by atoms with Gasteiger partial charge in [-0.1, -0.05) is 29.8 Å². The van der Waals surface area contributed by atoms with E-state index in [2.05, 4.69) is 6.58 Å². The van der Waals surface area contributed by atoms with E-state index in [-0.39, 0.29) is 10.9 Å². The lowest BCUT2D eigenvalue weighted by Gasteiger charge is -2.47. The van der Waals surface area contributed by atoms with Crippen molar-refractivity contribution in [3.8, 4) is 0 Å². The fourth-order valence-corrected chi connectivity index (χ4v) is 5.33. The van der Waals surface area contributed by atoms with E-state index < -0.39 is 15.6 Å². The Hall–Kier alpha value is -1.59. The Bertz CT molecular complexity index is 745. The number of benzene rings is 1. The van der Waals surface area contributed by atoms with Crippen LogP contribution in [0, 0.1) is 6.92 Å². The standard InChI is InChI=1S/C19H25NO3S/c1-3-6-16-7-4-8-18(19(21)13-5-14-19)20(16)24(22,23)17-11-9-15(2)10-12-17/h3,8-12,16,21H,1,4-7,13-14H2,2H3/t16-/m1/s1. The zero-order valence-corrected chi connectivity index (χ0v) is 14.9. The SMILES string of the molecule is C=CC[C@@H]1CCC=C(C2(O)CCC2)N1S(=O)(=O)c1ccc(C)cc1. The molecule has 0 spiro atoms. The van der Waals surface area contributed by atoms with Crippen molar-refractivity contribution in [2.75, 3.05) is 0 Å². The third kappa shape index (κ3) is 2.91. The second-order valence-corrected chi connectivity index (χ2v) is 8.66. The van der Waals surface area contributed by atoms with Gasteiger partial charge >= 0.3 is 0 Å². The van der Waals surface area contributed by atoms with Crippen LogP contribution in [-0.2, 0) is 10.0 Å². The van der Waals surface area contributed by atoms with E-state index in [1.807, 2.05) is 13.0 Å². The minimum absolute atomic E-state index is 0.182. The summed E-state index contributed by atoms with van der Waals surface area (Å²) in [6, 6.07) is 6.72. The lowest BCUT2D eigenvalue weighted by Crippen LogP contribution is -2.52. The van der Waals surface area contributed by atoms with Gasteiger partial charge in [-0.3, -0.25) is 4.31 Å². The normalized spacial score (nSPS) is 23.3. The molecule has 0 bridgehead atoms. The summed E-state index contributed by atoms with van der Waals surface area (Å²) >= 11 is 0. The molecule has 5 heteroatoms. The summed E-state index contributed by atoms with van der Waals surface area (Å²) in [6.07, 6.45) is 7.96. The van der Waals surface area contributed by atoms with E-state index in [1.165, 1.54) is 4.31 Å². The molecule has 1 fully saturated rings.